The molecule has 0 amide bonds. The van der Waals surface area contributed by atoms with Crippen LogP contribution >= 0.6 is 0 Å². The third-order valence-electron chi connectivity index (χ3n) is 2.34. The van der Waals surface area contributed by atoms with E-state index in [1.165, 1.54) is 24.3 Å². The van der Waals surface area contributed by atoms with Crippen LogP contribution < -0.4 is 9.44 Å². The van der Waals surface area contributed by atoms with Crippen molar-refractivity contribution in [2.45, 2.75) is 4.58 Å². The lowest BCUT2D eigenvalue weighted by Crippen LogP contribution is -2.39. The Labute approximate surface area is 123 Å². The summed E-state index contributed by atoms with van der Waals surface area (Å²) in [5.41, 5.74) is 0.00776. The first-order valence-electron chi connectivity index (χ1n) is 5.61. The topological polar surface area (TPSA) is 140 Å². The molecule has 0 bridgehead atoms. The minimum atomic E-state index is -4.36. The number of nitriles is 2. The van der Waals surface area contributed by atoms with Crippen LogP contribution in [0.5, 0.6) is 0 Å². The third-order valence-corrected chi connectivity index (χ3v) is 6.63. The summed E-state index contributed by atoms with van der Waals surface area (Å²) in [4.78, 5) is 0. The van der Waals surface area contributed by atoms with E-state index in [0.717, 1.165) is 0 Å². The average molecular weight is 328 g/mol. The van der Waals surface area contributed by atoms with Crippen LogP contribution in [0.4, 0.5) is 0 Å². The van der Waals surface area contributed by atoms with E-state index in [2.05, 4.69) is 0 Å². The Morgan fingerprint density at radius 3 is 1.71 bits per heavy atom. The molecule has 0 aliphatic heterocycles. The number of benzene rings is 1. The van der Waals surface area contributed by atoms with E-state index in [-0.39, 0.29) is 5.56 Å². The molecule has 10 heteroatoms. The second-order valence-corrected chi connectivity index (χ2v) is 7.79. The van der Waals surface area contributed by atoms with Crippen LogP contribution in [0.3, 0.4) is 0 Å². The molecule has 0 fully saturated rings. The standard InChI is InChI=1S/C11H12N4O4S2/c12-6-8-14-20(16,17)11(10-4-2-1-3-5-10)21(18,19)15-9-7-13/h1-5,11,14-15H,8-9H2. The van der Waals surface area contributed by atoms with E-state index >= 15 is 0 Å². The lowest BCUT2D eigenvalue weighted by Gasteiger charge is -2.18. The highest BCUT2D eigenvalue weighted by Crippen LogP contribution is 2.26. The molecule has 0 heterocycles. The van der Waals surface area contributed by atoms with Gasteiger partial charge in [-0.05, 0) is 5.56 Å². The van der Waals surface area contributed by atoms with Crippen LogP contribution in [0.2, 0.25) is 0 Å². The highest BCUT2D eigenvalue weighted by molar-refractivity contribution is 8.06. The van der Waals surface area contributed by atoms with Gasteiger partial charge in [-0.1, -0.05) is 30.3 Å². The first-order valence-corrected chi connectivity index (χ1v) is 8.70. The molecular formula is C11H12N4O4S2. The van der Waals surface area contributed by atoms with Gasteiger partial charge in [0.25, 0.3) is 0 Å². The molecule has 0 atom stereocenters. The molecule has 0 aliphatic rings. The largest absolute Gasteiger partial charge is 0.235 e. The summed E-state index contributed by atoms with van der Waals surface area (Å²) >= 11 is 0. The van der Waals surface area contributed by atoms with E-state index in [0.29, 0.717) is 0 Å². The molecular weight excluding hydrogens is 316 g/mol. The van der Waals surface area contributed by atoms with Crippen molar-refractivity contribution in [2.75, 3.05) is 13.1 Å². The zero-order valence-electron chi connectivity index (χ0n) is 10.7. The number of sulfonamides is 2. The number of nitrogens with one attached hydrogen (secondary N) is 2. The molecule has 112 valence electrons. The predicted molar refractivity (Wildman–Crippen MR) is 74.3 cm³/mol. The van der Waals surface area contributed by atoms with E-state index in [1.54, 1.807) is 18.2 Å². The van der Waals surface area contributed by atoms with Crippen LogP contribution in [0.25, 0.3) is 0 Å². The molecule has 0 saturated heterocycles. The minimum Gasteiger partial charge on any atom is -0.211 e. The van der Waals surface area contributed by atoms with Crippen molar-refractivity contribution < 1.29 is 16.8 Å². The first kappa shape index (κ1) is 17.1. The molecule has 0 radical (unpaired) electrons. The van der Waals surface area contributed by atoms with E-state index in [4.69, 9.17) is 10.5 Å². The number of nitrogens with zero attached hydrogens (tertiary/aromatic N) is 2. The number of rotatable bonds is 7. The molecule has 0 spiro atoms. The smallest absolute Gasteiger partial charge is 0.211 e. The maximum atomic E-state index is 12.1. The Morgan fingerprint density at radius 1 is 0.905 bits per heavy atom. The number of hydrogen-bond acceptors (Lipinski definition) is 6. The van der Waals surface area contributed by atoms with Crippen molar-refractivity contribution in [2.24, 2.45) is 0 Å². The molecule has 0 saturated carbocycles. The Hall–Kier alpha value is -1.98. The number of hydrogen-bond donors (Lipinski definition) is 2. The summed E-state index contributed by atoms with van der Waals surface area (Å²) in [6.45, 7) is -1.11. The van der Waals surface area contributed by atoms with Gasteiger partial charge in [0, 0.05) is 0 Å². The highest BCUT2D eigenvalue weighted by Gasteiger charge is 2.38. The van der Waals surface area contributed by atoms with Gasteiger partial charge < -0.3 is 0 Å². The van der Waals surface area contributed by atoms with E-state index < -0.39 is 37.7 Å². The van der Waals surface area contributed by atoms with Gasteiger partial charge in [-0.3, -0.25) is 0 Å². The predicted octanol–water partition coefficient (Wildman–Crippen LogP) is -0.429. The Balaban J connectivity index is 3.33. The van der Waals surface area contributed by atoms with Gasteiger partial charge >= 0.3 is 0 Å². The third kappa shape index (κ3) is 4.51. The minimum absolute atomic E-state index is 0.00776. The van der Waals surface area contributed by atoms with Gasteiger partial charge in [0.2, 0.25) is 24.6 Å². The molecule has 2 N–H and O–H groups in total. The summed E-state index contributed by atoms with van der Waals surface area (Å²) in [6, 6.07) is 10.4. The van der Waals surface area contributed by atoms with Crippen molar-refractivity contribution in [3.8, 4) is 12.1 Å². The summed E-state index contributed by atoms with van der Waals surface area (Å²) < 4.78 is 50.4. The molecule has 21 heavy (non-hydrogen) atoms. The maximum Gasteiger partial charge on any atom is 0.235 e. The first-order chi connectivity index (χ1) is 9.85. The summed E-state index contributed by atoms with van der Waals surface area (Å²) in [5.74, 6) is 0. The SMILES string of the molecule is N#CCNS(=O)(=O)C(c1ccccc1)S(=O)(=O)NCC#N. The van der Waals surface area contributed by atoms with Crippen LogP contribution in [-0.2, 0) is 20.0 Å². The normalized spacial score (nSPS) is 11.8. The zero-order chi connectivity index (χ0) is 15.9. The molecule has 1 rings (SSSR count). The van der Waals surface area contributed by atoms with Crippen molar-refractivity contribution in [3.05, 3.63) is 35.9 Å². The molecule has 1 aromatic carbocycles. The van der Waals surface area contributed by atoms with Crippen LogP contribution in [-0.4, -0.2) is 29.9 Å². The van der Waals surface area contributed by atoms with Crippen molar-refractivity contribution in [1.82, 2.24) is 9.44 Å². The van der Waals surface area contributed by atoms with Gasteiger partial charge in [0.15, 0.2) is 0 Å². The van der Waals surface area contributed by atoms with Gasteiger partial charge in [0.1, 0.15) is 0 Å². The molecule has 0 aliphatic carbocycles. The van der Waals surface area contributed by atoms with Crippen molar-refractivity contribution >= 4 is 20.0 Å². The Morgan fingerprint density at radius 2 is 1.33 bits per heavy atom. The zero-order valence-corrected chi connectivity index (χ0v) is 12.4. The summed E-state index contributed by atoms with van der Waals surface area (Å²) in [7, 11) is -8.72. The average Bonchev–Trinajstić information content (AvgIpc) is 2.44. The second kappa shape index (κ2) is 7.15. The van der Waals surface area contributed by atoms with Gasteiger partial charge in [-0.25, -0.2) is 16.8 Å². The Kier molecular flexibility index (Phi) is 5.81. The van der Waals surface area contributed by atoms with Gasteiger partial charge in [-0.2, -0.15) is 20.0 Å². The highest BCUT2D eigenvalue weighted by atomic mass is 32.3. The summed E-state index contributed by atoms with van der Waals surface area (Å²) in [6.07, 6.45) is 0. The molecule has 1 aromatic rings. The molecule has 0 aromatic heterocycles. The van der Waals surface area contributed by atoms with Crippen LogP contribution in [0.1, 0.15) is 10.1 Å². The van der Waals surface area contributed by atoms with E-state index in [9.17, 15) is 16.8 Å². The quantitative estimate of drug-likeness (QED) is 0.651. The fourth-order valence-electron chi connectivity index (χ4n) is 1.55. The van der Waals surface area contributed by atoms with Crippen molar-refractivity contribution in [3.63, 3.8) is 0 Å². The monoisotopic (exact) mass is 328 g/mol. The lowest BCUT2D eigenvalue weighted by molar-refractivity contribution is 0.565. The van der Waals surface area contributed by atoms with Crippen molar-refractivity contribution in [1.29, 1.82) is 10.5 Å². The second-order valence-electron chi connectivity index (χ2n) is 3.79. The van der Waals surface area contributed by atoms with E-state index in [1.807, 2.05) is 9.44 Å². The Bertz CT molecular complexity index is 713. The van der Waals surface area contributed by atoms with Crippen LogP contribution in [0, 0.1) is 22.7 Å². The maximum absolute atomic E-state index is 12.1. The fraction of sp³-hybridized carbons (Fsp3) is 0.273. The van der Waals surface area contributed by atoms with Crippen LogP contribution in [0.15, 0.2) is 30.3 Å². The molecule has 0 unspecified atom stereocenters. The van der Waals surface area contributed by atoms with Gasteiger partial charge in [-0.15, -0.1) is 0 Å². The molecule has 8 nitrogen and oxygen atoms in total. The summed E-state index contributed by atoms with van der Waals surface area (Å²) in [5, 5.41) is 16.9. The lowest BCUT2D eigenvalue weighted by atomic mass is 10.2. The fourth-order valence-corrected chi connectivity index (χ4v) is 5.16. The van der Waals surface area contributed by atoms with Gasteiger partial charge in [0.05, 0.1) is 25.2 Å².